The molecule has 4 aliphatic carbocycles. The summed E-state index contributed by atoms with van der Waals surface area (Å²) in [6, 6.07) is 17.7. The van der Waals surface area contributed by atoms with Gasteiger partial charge in [-0.05, 0) is 40.6 Å². The maximum atomic E-state index is 2.62. The van der Waals surface area contributed by atoms with Gasteiger partial charge in [0.05, 0.1) is 0 Å². The molecule has 0 aromatic heterocycles. The van der Waals surface area contributed by atoms with E-state index in [1.54, 1.807) is 52.4 Å². The van der Waals surface area contributed by atoms with E-state index in [1.165, 1.54) is 32.7 Å². The van der Waals surface area contributed by atoms with Crippen LogP contribution in [-0.4, -0.2) is 3.21 Å². The van der Waals surface area contributed by atoms with Crippen LogP contribution < -0.4 is 24.8 Å². The van der Waals surface area contributed by atoms with Gasteiger partial charge in [0.25, 0.3) is 0 Å². The molecule has 4 aliphatic rings. The molecule has 0 N–H and O–H groups in total. The fraction of sp³-hybridized carbons (Fsp3) is 0.537. The minimum Gasteiger partial charge on any atom is -1.00 e. The standard InChI is InChI=1S/C29H37.C9H13.C3H6.2ClH.Zr/c1-18-25-22-17-19-13-9-10-14-20(19)24(22)21-15-11-12-16-23(21)29(25,8)28(6,7)27(4,5)26(18,2)3;1-9(2,3)8-6-4-5-7-8;1-3-2;;;/h9-11,13-15,23H,12,16-17H2,1-8H3;4-7H,1-3H3;1-2H3;2*1H;/q2*-1;;;;+2/p-2. The first kappa shape index (κ1) is 39.2. The molecular formula is C41H56Cl2Zr-2. The summed E-state index contributed by atoms with van der Waals surface area (Å²) < 4.78 is 1.51. The third kappa shape index (κ3) is 6.18. The van der Waals surface area contributed by atoms with E-state index < -0.39 is 0 Å². The summed E-state index contributed by atoms with van der Waals surface area (Å²) in [5, 5.41) is 0. The van der Waals surface area contributed by atoms with Crippen LogP contribution >= 0.6 is 0 Å². The maximum absolute atomic E-state index is 2.62. The Morgan fingerprint density at radius 3 is 2.05 bits per heavy atom. The topological polar surface area (TPSA) is 0 Å². The van der Waals surface area contributed by atoms with Crippen LogP contribution in [0.4, 0.5) is 0 Å². The van der Waals surface area contributed by atoms with Gasteiger partial charge in [-0.2, -0.15) is 34.9 Å². The molecule has 2 aromatic carbocycles. The van der Waals surface area contributed by atoms with Crippen LogP contribution in [0, 0.1) is 33.5 Å². The zero-order valence-corrected chi connectivity index (χ0v) is 33.7. The first-order chi connectivity index (χ1) is 19.3. The van der Waals surface area contributed by atoms with Gasteiger partial charge in [0.15, 0.2) is 0 Å². The van der Waals surface area contributed by atoms with Gasteiger partial charge in [-0.15, -0.1) is 6.92 Å². The minimum absolute atomic E-state index is 0. The smallest absolute Gasteiger partial charge is 1.00 e. The Balaban J connectivity index is 0.000000380. The molecule has 3 heteroatoms. The monoisotopic (exact) mass is 708 g/mol. The molecule has 0 amide bonds. The fourth-order valence-electron chi connectivity index (χ4n) is 8.44. The largest absolute Gasteiger partial charge is 1.00 e. The van der Waals surface area contributed by atoms with Gasteiger partial charge in [-0.1, -0.05) is 140 Å². The van der Waals surface area contributed by atoms with E-state index in [0.29, 0.717) is 11.3 Å². The Labute approximate surface area is 298 Å². The van der Waals surface area contributed by atoms with Crippen LogP contribution in [-0.2, 0) is 36.1 Å². The van der Waals surface area contributed by atoms with Gasteiger partial charge in [0, 0.05) is 0 Å². The van der Waals surface area contributed by atoms with E-state index in [1.807, 2.05) is 0 Å². The average Bonchev–Trinajstić information content (AvgIpc) is 3.56. The van der Waals surface area contributed by atoms with Crippen LogP contribution in [0.25, 0.3) is 5.57 Å². The summed E-state index contributed by atoms with van der Waals surface area (Å²) in [5.41, 5.74) is 12.0. The second-order valence-corrected chi connectivity index (χ2v) is 18.6. The zero-order chi connectivity index (χ0) is 31.5. The zero-order valence-electron chi connectivity index (χ0n) is 29.7. The van der Waals surface area contributed by atoms with Gasteiger partial charge in [-0.25, -0.2) is 12.0 Å². The molecular weight excluding hydrogens is 655 g/mol. The van der Waals surface area contributed by atoms with Crippen molar-refractivity contribution in [3.63, 3.8) is 0 Å². The van der Waals surface area contributed by atoms with E-state index in [9.17, 15) is 0 Å². The number of rotatable bonds is 0. The van der Waals surface area contributed by atoms with Crippen molar-refractivity contribution in [1.29, 1.82) is 0 Å². The molecule has 240 valence electrons. The second kappa shape index (κ2) is 13.6. The normalized spacial score (nSPS) is 25.0. The molecule has 0 spiro atoms. The molecule has 1 fully saturated rings. The molecule has 2 unspecified atom stereocenters. The van der Waals surface area contributed by atoms with Crippen LogP contribution in [0.2, 0.25) is 0 Å². The van der Waals surface area contributed by atoms with Crippen molar-refractivity contribution in [2.75, 3.05) is 0 Å². The van der Waals surface area contributed by atoms with Gasteiger partial charge in [0.1, 0.15) is 0 Å². The minimum atomic E-state index is 0. The van der Waals surface area contributed by atoms with E-state index in [4.69, 9.17) is 0 Å². The van der Waals surface area contributed by atoms with Crippen molar-refractivity contribution in [3.8, 4) is 0 Å². The Kier molecular flexibility index (Phi) is 12.1. The summed E-state index contributed by atoms with van der Waals surface area (Å²) >= 11 is 1.55. The molecule has 2 aromatic rings. The van der Waals surface area contributed by atoms with E-state index in [-0.39, 0.29) is 46.5 Å². The number of benzene rings is 1. The van der Waals surface area contributed by atoms with Crippen LogP contribution in [0.15, 0.2) is 77.4 Å². The quantitative estimate of drug-likeness (QED) is 0.321. The van der Waals surface area contributed by atoms with Gasteiger partial charge in [0.2, 0.25) is 0 Å². The van der Waals surface area contributed by atoms with Crippen LogP contribution in [0.5, 0.6) is 0 Å². The van der Waals surface area contributed by atoms with E-state index >= 15 is 0 Å². The number of allylic oxidation sites excluding steroid dienone is 6. The molecule has 0 radical (unpaired) electrons. The third-order valence-corrected chi connectivity index (χ3v) is 12.3. The molecule has 44 heavy (non-hydrogen) atoms. The molecule has 2 atom stereocenters. The van der Waals surface area contributed by atoms with E-state index in [2.05, 4.69) is 151 Å². The molecule has 1 saturated carbocycles. The van der Waals surface area contributed by atoms with E-state index in [0.717, 1.165) is 6.42 Å². The van der Waals surface area contributed by atoms with Crippen molar-refractivity contribution in [1.82, 2.24) is 0 Å². The first-order valence-corrected chi connectivity index (χ1v) is 17.4. The molecule has 0 aliphatic heterocycles. The third-order valence-electron chi connectivity index (χ3n) is 12.3. The fourth-order valence-corrected chi connectivity index (χ4v) is 8.44. The summed E-state index contributed by atoms with van der Waals surface area (Å²) in [5.74, 6) is 2.24. The Morgan fingerprint density at radius 1 is 0.932 bits per heavy atom. The average molecular weight is 711 g/mol. The van der Waals surface area contributed by atoms with Crippen molar-refractivity contribution in [2.45, 2.75) is 115 Å². The Morgan fingerprint density at radius 2 is 1.52 bits per heavy atom. The van der Waals surface area contributed by atoms with Crippen LogP contribution in [0.3, 0.4) is 0 Å². The SMILES string of the molecule is CC(C)(C)c1cc[cH-]c1.C[C-]1C2=C3Cc4ccccc4C3=C3C=CCCC3C2(C)C(C)(C)C(C)(C)C1(C)C.C[C](C)=[Zr+2].[Cl-].[Cl-]. The Hall–Kier alpha value is -1.01. The van der Waals surface area contributed by atoms with Crippen LogP contribution in [0.1, 0.15) is 120 Å². The molecule has 0 bridgehead atoms. The summed E-state index contributed by atoms with van der Waals surface area (Å²) in [4.78, 5) is 0. The number of fused-ring (bicyclic) bond motifs is 6. The molecule has 6 rings (SSSR count). The number of hydrogen-bond acceptors (Lipinski definition) is 0. The summed E-state index contributed by atoms with van der Waals surface area (Å²) in [6.07, 6.45) is 8.50. The second-order valence-electron chi connectivity index (χ2n) is 16.2. The van der Waals surface area contributed by atoms with Crippen molar-refractivity contribution >= 4 is 8.78 Å². The molecule has 0 heterocycles. The predicted octanol–water partition coefficient (Wildman–Crippen LogP) is 5.42. The predicted molar refractivity (Wildman–Crippen MR) is 181 cm³/mol. The molecule has 0 nitrogen and oxygen atoms in total. The summed E-state index contributed by atoms with van der Waals surface area (Å²) in [6.45, 7) is 31.2. The molecule has 0 saturated heterocycles. The van der Waals surface area contributed by atoms with Gasteiger partial charge < -0.3 is 24.8 Å². The van der Waals surface area contributed by atoms with Crippen molar-refractivity contribution in [2.24, 2.45) is 27.6 Å². The number of halogens is 2. The van der Waals surface area contributed by atoms with Crippen molar-refractivity contribution < 1.29 is 49.0 Å². The summed E-state index contributed by atoms with van der Waals surface area (Å²) in [7, 11) is 0. The Bertz CT molecular complexity index is 1420. The van der Waals surface area contributed by atoms with Crippen molar-refractivity contribution in [3.05, 3.63) is 100 Å². The maximum Gasteiger partial charge on any atom is -1.00 e. The number of hydrogen-bond donors (Lipinski definition) is 0. The first-order valence-electron chi connectivity index (χ1n) is 16.1. The van der Waals surface area contributed by atoms with Gasteiger partial charge in [-0.3, -0.25) is 0 Å². The van der Waals surface area contributed by atoms with Gasteiger partial charge >= 0.3 is 41.3 Å².